The van der Waals surface area contributed by atoms with Gasteiger partial charge in [-0.1, -0.05) is 0 Å². The van der Waals surface area contributed by atoms with Crippen LogP contribution >= 0.6 is 0 Å². The summed E-state index contributed by atoms with van der Waals surface area (Å²) in [7, 11) is 0. The molecule has 0 amide bonds. The molecule has 18 heavy (non-hydrogen) atoms. The maximum absolute atomic E-state index is 11.9. The Bertz CT molecular complexity index is 308. The average Bonchev–Trinajstić information content (AvgIpc) is 2.23. The Labute approximate surface area is 98.4 Å². The molecular weight excluding hydrogens is 265 g/mol. The fourth-order valence-electron chi connectivity index (χ4n) is 1.37. The van der Waals surface area contributed by atoms with Crippen LogP contribution in [0.5, 0.6) is 0 Å². The second-order valence-electron chi connectivity index (χ2n) is 3.66. The van der Waals surface area contributed by atoms with Gasteiger partial charge in [0, 0.05) is 0 Å². The molecule has 1 saturated heterocycles. The van der Waals surface area contributed by atoms with E-state index in [1.807, 2.05) is 0 Å². The van der Waals surface area contributed by atoms with Crippen molar-refractivity contribution in [2.75, 3.05) is 6.61 Å². The van der Waals surface area contributed by atoms with E-state index in [0.29, 0.717) is 0 Å². The molecule has 4 N–H and O–H groups in total. The lowest BCUT2D eigenvalue weighted by molar-refractivity contribution is -0.313. The molecule has 0 aromatic heterocycles. The van der Waals surface area contributed by atoms with Crippen molar-refractivity contribution >= 4 is 5.97 Å². The number of carbonyl (C=O) groups is 1. The number of hydrogen-bond donors (Lipinski definition) is 4. The molecule has 1 aliphatic rings. The van der Waals surface area contributed by atoms with Gasteiger partial charge in [-0.25, -0.2) is 4.79 Å². The number of carboxylic acid groups (broad SMARTS) is 1. The summed E-state index contributed by atoms with van der Waals surface area (Å²) in [5.74, 6) is -1.70. The number of aliphatic hydroxyl groups excluding tert-OH is 3. The lowest BCUT2D eigenvalue weighted by Crippen LogP contribution is -2.60. The minimum atomic E-state index is -4.71. The van der Waals surface area contributed by atoms with E-state index in [4.69, 9.17) is 5.11 Å². The molecule has 0 spiro atoms. The van der Waals surface area contributed by atoms with Crippen LogP contribution in [0, 0.1) is 0 Å². The van der Waals surface area contributed by atoms with E-state index in [1.165, 1.54) is 0 Å². The maximum atomic E-state index is 11.9. The average molecular weight is 276 g/mol. The van der Waals surface area contributed by atoms with Gasteiger partial charge in [-0.2, -0.15) is 13.2 Å². The Balaban J connectivity index is 2.70. The second kappa shape index (κ2) is 5.36. The van der Waals surface area contributed by atoms with Gasteiger partial charge in [0.25, 0.3) is 0 Å². The third kappa shape index (κ3) is 3.53. The topological polar surface area (TPSA) is 116 Å². The van der Waals surface area contributed by atoms with E-state index in [-0.39, 0.29) is 0 Å². The minimum absolute atomic E-state index is 1.70. The molecule has 1 heterocycles. The summed E-state index contributed by atoms with van der Waals surface area (Å²) >= 11 is 0. The highest BCUT2D eigenvalue weighted by Gasteiger charge is 2.48. The lowest BCUT2D eigenvalue weighted by Gasteiger charge is -2.38. The molecule has 1 rings (SSSR count). The van der Waals surface area contributed by atoms with E-state index < -0.39 is 49.5 Å². The van der Waals surface area contributed by atoms with Crippen molar-refractivity contribution in [3.63, 3.8) is 0 Å². The first-order chi connectivity index (χ1) is 8.13. The summed E-state index contributed by atoms with van der Waals surface area (Å²) in [6, 6.07) is 0. The Kier molecular flexibility index (Phi) is 4.50. The predicted octanol–water partition coefficient (Wildman–Crippen LogP) is -1.54. The number of alkyl halides is 3. The predicted molar refractivity (Wildman–Crippen MR) is 46.3 cm³/mol. The molecule has 0 aliphatic carbocycles. The van der Waals surface area contributed by atoms with Crippen molar-refractivity contribution in [3.8, 4) is 0 Å². The molecule has 0 aromatic carbocycles. The van der Waals surface area contributed by atoms with Crippen LogP contribution in [0.1, 0.15) is 0 Å². The number of halogens is 3. The van der Waals surface area contributed by atoms with Crippen LogP contribution in [-0.2, 0) is 14.3 Å². The van der Waals surface area contributed by atoms with Crippen LogP contribution in [0.15, 0.2) is 0 Å². The SMILES string of the molecule is O=C(O)[C@H]1OC(OCC(F)(F)F)[C@H](O)[C@@H](O)[C@@H]1O. The fourth-order valence-corrected chi connectivity index (χ4v) is 1.37. The summed E-state index contributed by atoms with van der Waals surface area (Å²) in [5, 5.41) is 36.4. The van der Waals surface area contributed by atoms with Crippen LogP contribution < -0.4 is 0 Å². The standard InChI is InChI=1S/C8H11F3O7/c9-8(10,11)1-17-7-4(14)2(12)3(13)5(18-7)6(15)16/h2-5,7,12-14H,1H2,(H,15,16)/t2-,3-,4+,5-,7?/m0/s1. The summed E-state index contributed by atoms with van der Waals surface area (Å²) in [6.07, 6.45) is -14.6. The van der Waals surface area contributed by atoms with Gasteiger partial charge in [-0.15, -0.1) is 0 Å². The van der Waals surface area contributed by atoms with Gasteiger partial charge in [0.15, 0.2) is 12.4 Å². The van der Waals surface area contributed by atoms with Gasteiger partial charge in [-0.3, -0.25) is 0 Å². The van der Waals surface area contributed by atoms with E-state index >= 15 is 0 Å². The Morgan fingerprint density at radius 3 is 2.17 bits per heavy atom. The summed E-state index contributed by atoms with van der Waals surface area (Å²) in [6.45, 7) is -1.79. The van der Waals surface area contributed by atoms with Gasteiger partial charge >= 0.3 is 12.1 Å². The molecule has 0 bridgehead atoms. The van der Waals surface area contributed by atoms with E-state index in [1.54, 1.807) is 0 Å². The molecule has 1 unspecified atom stereocenters. The molecule has 7 nitrogen and oxygen atoms in total. The lowest BCUT2D eigenvalue weighted by atomic mass is 9.99. The zero-order valence-electron chi connectivity index (χ0n) is 8.74. The van der Waals surface area contributed by atoms with Crippen LogP contribution in [-0.4, -0.2) is 69.9 Å². The van der Waals surface area contributed by atoms with Crippen LogP contribution in [0.2, 0.25) is 0 Å². The number of carboxylic acids is 1. The third-order valence-electron chi connectivity index (χ3n) is 2.22. The summed E-state index contributed by atoms with van der Waals surface area (Å²) in [5.41, 5.74) is 0. The summed E-state index contributed by atoms with van der Waals surface area (Å²) < 4.78 is 44.2. The fraction of sp³-hybridized carbons (Fsp3) is 0.875. The molecule has 5 atom stereocenters. The van der Waals surface area contributed by atoms with Crippen molar-refractivity contribution in [2.45, 2.75) is 36.9 Å². The molecule has 0 aromatic rings. The smallest absolute Gasteiger partial charge is 0.411 e. The molecule has 10 heteroatoms. The van der Waals surface area contributed by atoms with E-state index in [0.717, 1.165) is 0 Å². The first-order valence-electron chi connectivity index (χ1n) is 4.74. The number of hydrogen-bond acceptors (Lipinski definition) is 6. The summed E-state index contributed by atoms with van der Waals surface area (Å²) in [4.78, 5) is 10.6. The van der Waals surface area contributed by atoms with Crippen molar-refractivity contribution in [3.05, 3.63) is 0 Å². The van der Waals surface area contributed by atoms with E-state index in [9.17, 15) is 33.3 Å². The van der Waals surface area contributed by atoms with Gasteiger partial charge in [0.1, 0.15) is 24.9 Å². The van der Waals surface area contributed by atoms with Crippen molar-refractivity contribution in [1.29, 1.82) is 0 Å². The van der Waals surface area contributed by atoms with Crippen molar-refractivity contribution < 1.29 is 47.9 Å². The zero-order valence-corrected chi connectivity index (χ0v) is 8.74. The Morgan fingerprint density at radius 1 is 1.17 bits per heavy atom. The zero-order chi connectivity index (χ0) is 14.1. The minimum Gasteiger partial charge on any atom is -0.479 e. The van der Waals surface area contributed by atoms with Crippen molar-refractivity contribution in [2.24, 2.45) is 0 Å². The molecular formula is C8H11F3O7. The number of aliphatic carboxylic acids is 1. The highest BCUT2D eigenvalue weighted by atomic mass is 19.4. The Hall–Kier alpha value is -0.940. The van der Waals surface area contributed by atoms with Crippen LogP contribution in [0.4, 0.5) is 13.2 Å². The van der Waals surface area contributed by atoms with Gasteiger partial charge in [0.05, 0.1) is 0 Å². The van der Waals surface area contributed by atoms with Gasteiger partial charge in [-0.05, 0) is 0 Å². The Morgan fingerprint density at radius 2 is 1.72 bits per heavy atom. The molecule has 1 aliphatic heterocycles. The highest BCUT2D eigenvalue weighted by molar-refractivity contribution is 5.73. The van der Waals surface area contributed by atoms with Crippen LogP contribution in [0.3, 0.4) is 0 Å². The molecule has 0 radical (unpaired) electrons. The van der Waals surface area contributed by atoms with Crippen LogP contribution in [0.25, 0.3) is 0 Å². The molecule has 1 fully saturated rings. The normalized spacial score (nSPS) is 37.6. The third-order valence-corrected chi connectivity index (χ3v) is 2.22. The molecule has 0 saturated carbocycles. The van der Waals surface area contributed by atoms with Crippen molar-refractivity contribution in [1.82, 2.24) is 0 Å². The second-order valence-corrected chi connectivity index (χ2v) is 3.66. The van der Waals surface area contributed by atoms with Gasteiger partial charge in [0.2, 0.25) is 0 Å². The first kappa shape index (κ1) is 15.1. The maximum Gasteiger partial charge on any atom is 0.411 e. The van der Waals surface area contributed by atoms with E-state index in [2.05, 4.69) is 9.47 Å². The monoisotopic (exact) mass is 276 g/mol. The molecule has 106 valence electrons. The highest BCUT2D eigenvalue weighted by Crippen LogP contribution is 2.24. The number of rotatable bonds is 3. The largest absolute Gasteiger partial charge is 0.479 e. The first-order valence-corrected chi connectivity index (χ1v) is 4.74. The number of ether oxygens (including phenoxy) is 2. The van der Waals surface area contributed by atoms with Gasteiger partial charge < -0.3 is 29.9 Å². The number of aliphatic hydroxyl groups is 3. The quantitative estimate of drug-likeness (QED) is 0.493.